The van der Waals surface area contributed by atoms with Gasteiger partial charge in [-0.3, -0.25) is 4.98 Å². The molecule has 15 heavy (non-hydrogen) atoms. The lowest BCUT2D eigenvalue weighted by molar-refractivity contribution is 0.612. The predicted molar refractivity (Wildman–Crippen MR) is 63.8 cm³/mol. The second kappa shape index (κ2) is 3.99. The second-order valence-electron chi connectivity index (χ2n) is 4.11. The standard InChI is InChI=1S/C13H16N2/c1-9(10(2)14)12-7-11-5-3-4-6-13(11)15-8-12/h3-10H,14H2,1-2H3. The van der Waals surface area contributed by atoms with Gasteiger partial charge in [0, 0.05) is 17.6 Å². The van der Waals surface area contributed by atoms with Crippen LogP contribution < -0.4 is 5.73 Å². The van der Waals surface area contributed by atoms with E-state index in [1.807, 2.05) is 31.3 Å². The van der Waals surface area contributed by atoms with Crippen LogP contribution in [0.15, 0.2) is 36.5 Å². The van der Waals surface area contributed by atoms with Gasteiger partial charge in [0.05, 0.1) is 5.52 Å². The monoisotopic (exact) mass is 200 g/mol. The van der Waals surface area contributed by atoms with Gasteiger partial charge in [0.25, 0.3) is 0 Å². The first-order valence-corrected chi connectivity index (χ1v) is 5.29. The summed E-state index contributed by atoms with van der Waals surface area (Å²) < 4.78 is 0. The molecule has 2 heteroatoms. The van der Waals surface area contributed by atoms with E-state index in [4.69, 9.17) is 5.73 Å². The van der Waals surface area contributed by atoms with Crippen molar-refractivity contribution in [1.82, 2.24) is 4.98 Å². The third-order valence-corrected chi connectivity index (χ3v) is 2.93. The highest BCUT2D eigenvalue weighted by Crippen LogP contribution is 2.21. The van der Waals surface area contributed by atoms with E-state index in [0.29, 0.717) is 5.92 Å². The largest absolute Gasteiger partial charge is 0.327 e. The fourth-order valence-electron chi connectivity index (χ4n) is 1.64. The molecule has 2 aromatic rings. The lowest BCUT2D eigenvalue weighted by atomic mass is 9.95. The van der Waals surface area contributed by atoms with Crippen LogP contribution in [0.2, 0.25) is 0 Å². The number of hydrogen-bond acceptors (Lipinski definition) is 2. The molecule has 1 heterocycles. The minimum Gasteiger partial charge on any atom is -0.327 e. The van der Waals surface area contributed by atoms with Crippen molar-refractivity contribution < 1.29 is 0 Å². The summed E-state index contributed by atoms with van der Waals surface area (Å²) >= 11 is 0. The van der Waals surface area contributed by atoms with Crippen LogP contribution >= 0.6 is 0 Å². The molecular weight excluding hydrogens is 184 g/mol. The van der Waals surface area contributed by atoms with Crippen LogP contribution in [-0.4, -0.2) is 11.0 Å². The number of benzene rings is 1. The number of aromatic nitrogens is 1. The summed E-state index contributed by atoms with van der Waals surface area (Å²) in [5, 5.41) is 1.18. The molecule has 78 valence electrons. The van der Waals surface area contributed by atoms with Crippen LogP contribution in [0, 0.1) is 0 Å². The molecule has 0 bridgehead atoms. The number of nitrogens with two attached hydrogens (primary N) is 1. The van der Waals surface area contributed by atoms with Gasteiger partial charge >= 0.3 is 0 Å². The first-order valence-electron chi connectivity index (χ1n) is 5.29. The third kappa shape index (κ3) is 2.00. The number of nitrogens with zero attached hydrogens (tertiary/aromatic N) is 1. The fourth-order valence-corrected chi connectivity index (χ4v) is 1.64. The lowest BCUT2D eigenvalue weighted by Gasteiger charge is -2.15. The third-order valence-electron chi connectivity index (χ3n) is 2.93. The molecule has 0 saturated heterocycles. The van der Waals surface area contributed by atoms with E-state index in [2.05, 4.69) is 24.0 Å². The quantitative estimate of drug-likeness (QED) is 0.809. The molecule has 2 unspecified atom stereocenters. The van der Waals surface area contributed by atoms with Crippen LogP contribution in [0.5, 0.6) is 0 Å². The minimum atomic E-state index is 0.160. The van der Waals surface area contributed by atoms with E-state index < -0.39 is 0 Å². The van der Waals surface area contributed by atoms with Crippen molar-refractivity contribution in [3.8, 4) is 0 Å². The summed E-state index contributed by atoms with van der Waals surface area (Å²) in [6, 6.07) is 10.5. The minimum absolute atomic E-state index is 0.160. The Morgan fingerprint density at radius 3 is 2.67 bits per heavy atom. The van der Waals surface area contributed by atoms with Crippen LogP contribution in [0.1, 0.15) is 25.3 Å². The topological polar surface area (TPSA) is 38.9 Å². The highest BCUT2D eigenvalue weighted by Gasteiger charge is 2.10. The summed E-state index contributed by atoms with van der Waals surface area (Å²) in [6.45, 7) is 4.16. The molecule has 2 atom stereocenters. The molecule has 0 fully saturated rings. The maximum absolute atomic E-state index is 5.88. The summed E-state index contributed by atoms with van der Waals surface area (Å²) in [5.74, 6) is 0.349. The average molecular weight is 200 g/mol. The number of rotatable bonds is 2. The van der Waals surface area contributed by atoms with Gasteiger partial charge in [-0.15, -0.1) is 0 Å². The molecule has 0 saturated carbocycles. The zero-order chi connectivity index (χ0) is 10.8. The van der Waals surface area contributed by atoms with Crippen molar-refractivity contribution in [3.63, 3.8) is 0 Å². The summed E-state index contributed by atoms with van der Waals surface area (Å²) in [4.78, 5) is 4.43. The normalized spacial score (nSPS) is 15.1. The van der Waals surface area contributed by atoms with Gasteiger partial charge in [-0.1, -0.05) is 25.1 Å². The number of para-hydroxylation sites is 1. The Morgan fingerprint density at radius 1 is 1.20 bits per heavy atom. The summed E-state index contributed by atoms with van der Waals surface area (Å²) in [7, 11) is 0. The maximum atomic E-state index is 5.88. The second-order valence-corrected chi connectivity index (χ2v) is 4.11. The molecule has 2 N–H and O–H groups in total. The highest BCUT2D eigenvalue weighted by molar-refractivity contribution is 5.78. The van der Waals surface area contributed by atoms with Crippen molar-refractivity contribution in [2.45, 2.75) is 25.8 Å². The van der Waals surface area contributed by atoms with Gasteiger partial charge in [-0.25, -0.2) is 0 Å². The van der Waals surface area contributed by atoms with Gasteiger partial charge in [0.15, 0.2) is 0 Å². The first kappa shape index (κ1) is 10.1. The maximum Gasteiger partial charge on any atom is 0.0702 e. The molecule has 0 aliphatic heterocycles. The fraction of sp³-hybridized carbons (Fsp3) is 0.308. The van der Waals surface area contributed by atoms with E-state index >= 15 is 0 Å². The Hall–Kier alpha value is -1.41. The van der Waals surface area contributed by atoms with E-state index in [-0.39, 0.29) is 6.04 Å². The number of pyridine rings is 1. The molecule has 2 nitrogen and oxygen atoms in total. The first-order chi connectivity index (χ1) is 7.18. The molecular formula is C13H16N2. The van der Waals surface area contributed by atoms with E-state index in [1.165, 1.54) is 10.9 Å². The average Bonchev–Trinajstić information content (AvgIpc) is 2.27. The van der Waals surface area contributed by atoms with Gasteiger partial charge in [0.1, 0.15) is 0 Å². The van der Waals surface area contributed by atoms with Gasteiger partial charge in [0.2, 0.25) is 0 Å². The van der Waals surface area contributed by atoms with Crippen LogP contribution in [-0.2, 0) is 0 Å². The van der Waals surface area contributed by atoms with Crippen molar-refractivity contribution in [3.05, 3.63) is 42.1 Å². The van der Waals surface area contributed by atoms with Crippen molar-refractivity contribution in [2.75, 3.05) is 0 Å². The van der Waals surface area contributed by atoms with Crippen molar-refractivity contribution in [1.29, 1.82) is 0 Å². The van der Waals surface area contributed by atoms with Gasteiger partial charge < -0.3 is 5.73 Å². The zero-order valence-electron chi connectivity index (χ0n) is 9.14. The molecule has 1 aromatic heterocycles. The van der Waals surface area contributed by atoms with Crippen LogP contribution in [0.25, 0.3) is 10.9 Å². The van der Waals surface area contributed by atoms with E-state index in [0.717, 1.165) is 5.52 Å². The summed E-state index contributed by atoms with van der Waals surface area (Å²) in [5.41, 5.74) is 8.14. The van der Waals surface area contributed by atoms with E-state index in [1.54, 1.807) is 0 Å². The molecule has 0 aliphatic carbocycles. The Kier molecular flexibility index (Phi) is 2.69. The molecule has 1 aromatic carbocycles. The van der Waals surface area contributed by atoms with Crippen LogP contribution in [0.4, 0.5) is 0 Å². The van der Waals surface area contributed by atoms with E-state index in [9.17, 15) is 0 Å². The molecule has 0 spiro atoms. The zero-order valence-corrected chi connectivity index (χ0v) is 9.14. The molecule has 0 radical (unpaired) electrons. The van der Waals surface area contributed by atoms with Crippen molar-refractivity contribution >= 4 is 10.9 Å². The van der Waals surface area contributed by atoms with Crippen molar-refractivity contribution in [2.24, 2.45) is 5.73 Å². The Balaban J connectivity index is 2.47. The SMILES string of the molecule is CC(N)C(C)c1cnc2ccccc2c1. The number of fused-ring (bicyclic) bond motifs is 1. The Morgan fingerprint density at radius 2 is 1.93 bits per heavy atom. The highest BCUT2D eigenvalue weighted by atomic mass is 14.7. The summed E-state index contributed by atoms with van der Waals surface area (Å²) in [6.07, 6.45) is 1.93. The number of hydrogen-bond donors (Lipinski definition) is 1. The van der Waals surface area contributed by atoms with Crippen LogP contribution in [0.3, 0.4) is 0 Å². The van der Waals surface area contributed by atoms with Gasteiger partial charge in [-0.2, -0.15) is 0 Å². The lowest BCUT2D eigenvalue weighted by Crippen LogP contribution is -2.22. The smallest absolute Gasteiger partial charge is 0.0702 e. The molecule has 2 rings (SSSR count). The molecule has 0 aliphatic rings. The Bertz CT molecular complexity index is 463. The Labute approximate surface area is 90.1 Å². The predicted octanol–water partition coefficient (Wildman–Crippen LogP) is 2.69. The molecule has 0 amide bonds. The van der Waals surface area contributed by atoms with Gasteiger partial charge in [-0.05, 0) is 30.5 Å².